The molecule has 1 fully saturated rings. The van der Waals surface area contributed by atoms with E-state index in [1.54, 1.807) is 4.90 Å². The first-order valence-electron chi connectivity index (χ1n) is 11.3. The summed E-state index contributed by atoms with van der Waals surface area (Å²) in [7, 11) is 3.81. The van der Waals surface area contributed by atoms with Gasteiger partial charge in [0.1, 0.15) is 12.4 Å². The predicted molar refractivity (Wildman–Crippen MR) is 125 cm³/mol. The number of ether oxygens (including phenoxy) is 2. The number of hydrogen-bond donors (Lipinski definition) is 0. The van der Waals surface area contributed by atoms with E-state index in [0.717, 1.165) is 49.2 Å². The second-order valence-corrected chi connectivity index (χ2v) is 8.28. The van der Waals surface area contributed by atoms with Crippen LogP contribution >= 0.6 is 0 Å². The van der Waals surface area contributed by atoms with Crippen LogP contribution in [0.5, 0.6) is 5.75 Å². The van der Waals surface area contributed by atoms with E-state index in [-0.39, 0.29) is 12.0 Å². The molecule has 1 aromatic heterocycles. The maximum absolute atomic E-state index is 13.0. The van der Waals surface area contributed by atoms with Crippen LogP contribution in [0.15, 0.2) is 60.7 Å². The molecule has 1 aliphatic heterocycles. The van der Waals surface area contributed by atoms with Crippen LogP contribution in [0.2, 0.25) is 0 Å². The first kappa shape index (κ1) is 22.1. The van der Waals surface area contributed by atoms with E-state index in [1.165, 1.54) is 0 Å². The number of amides is 1. The minimum Gasteiger partial charge on any atom is -0.490 e. The van der Waals surface area contributed by atoms with Gasteiger partial charge in [-0.2, -0.15) is 5.10 Å². The van der Waals surface area contributed by atoms with E-state index >= 15 is 0 Å². The average Bonchev–Trinajstić information content (AvgIpc) is 3.47. The zero-order valence-corrected chi connectivity index (χ0v) is 18.9. The van der Waals surface area contributed by atoms with Gasteiger partial charge in [-0.05, 0) is 49.4 Å². The lowest BCUT2D eigenvalue weighted by Crippen LogP contribution is -2.29. The molecule has 168 valence electrons. The summed E-state index contributed by atoms with van der Waals surface area (Å²) in [5.41, 5.74) is 3.88. The summed E-state index contributed by atoms with van der Waals surface area (Å²) in [6.45, 7) is 1.92. The lowest BCUT2D eigenvalue weighted by Gasteiger charge is -2.19. The molecule has 2 aromatic carbocycles. The fraction of sp³-hybridized carbons (Fsp3) is 0.385. The number of carbonyl (C=O) groups is 1. The Kier molecular flexibility index (Phi) is 7.22. The summed E-state index contributed by atoms with van der Waals surface area (Å²) in [4.78, 5) is 14.8. The average molecular weight is 434 g/mol. The van der Waals surface area contributed by atoms with Crippen molar-refractivity contribution in [1.82, 2.24) is 14.7 Å². The summed E-state index contributed by atoms with van der Waals surface area (Å²) < 4.78 is 13.5. The molecule has 1 amide bonds. The molecular weight excluding hydrogens is 402 g/mol. The number of hydrogen-bond acceptors (Lipinski definition) is 4. The highest BCUT2D eigenvalue weighted by atomic mass is 16.5. The summed E-state index contributed by atoms with van der Waals surface area (Å²) in [5, 5.41) is 4.64. The van der Waals surface area contributed by atoms with Crippen molar-refractivity contribution in [1.29, 1.82) is 0 Å². The van der Waals surface area contributed by atoms with Crippen LogP contribution in [0, 0.1) is 0 Å². The molecule has 1 aliphatic rings. The monoisotopic (exact) mass is 433 g/mol. The normalized spacial score (nSPS) is 15.6. The Morgan fingerprint density at radius 2 is 1.97 bits per heavy atom. The molecular formula is C26H31N3O3. The van der Waals surface area contributed by atoms with Crippen LogP contribution in [0.25, 0.3) is 11.3 Å². The van der Waals surface area contributed by atoms with Crippen LogP contribution < -0.4 is 4.74 Å². The molecule has 3 aromatic rings. The van der Waals surface area contributed by atoms with Gasteiger partial charge in [0.25, 0.3) is 5.91 Å². The molecule has 1 unspecified atom stereocenters. The van der Waals surface area contributed by atoms with Crippen molar-refractivity contribution >= 4 is 5.91 Å². The standard InChI is InChI=1S/C26H31N3O3/c1-28(16-8-12-21-18-24(29(2)27-21)20-10-4-3-5-11-20)26(30)23-14-6-7-15-25(23)32-19-22-13-9-17-31-22/h3-7,10-11,14-15,18,22H,8-9,12-13,16-17,19H2,1-2H3. The third-order valence-corrected chi connectivity index (χ3v) is 5.84. The van der Waals surface area contributed by atoms with Crippen molar-refractivity contribution in [2.45, 2.75) is 31.8 Å². The molecule has 1 saturated heterocycles. The van der Waals surface area contributed by atoms with Crippen molar-refractivity contribution in [2.24, 2.45) is 7.05 Å². The highest BCUT2D eigenvalue weighted by molar-refractivity contribution is 5.96. The van der Waals surface area contributed by atoms with E-state index in [4.69, 9.17) is 9.47 Å². The largest absolute Gasteiger partial charge is 0.490 e. The quantitative estimate of drug-likeness (QED) is 0.503. The number of nitrogens with zero attached hydrogens (tertiary/aromatic N) is 3. The lowest BCUT2D eigenvalue weighted by atomic mass is 10.1. The molecule has 1 atom stereocenters. The first-order chi connectivity index (χ1) is 15.6. The van der Waals surface area contributed by atoms with Crippen molar-refractivity contribution in [2.75, 3.05) is 26.8 Å². The Bertz CT molecular complexity index is 1030. The van der Waals surface area contributed by atoms with E-state index in [1.807, 2.05) is 61.2 Å². The van der Waals surface area contributed by atoms with E-state index in [9.17, 15) is 4.79 Å². The molecule has 0 saturated carbocycles. The zero-order valence-electron chi connectivity index (χ0n) is 18.9. The fourth-order valence-corrected chi connectivity index (χ4v) is 4.06. The Balaban J connectivity index is 1.32. The molecule has 0 radical (unpaired) electrons. The fourth-order valence-electron chi connectivity index (χ4n) is 4.06. The van der Waals surface area contributed by atoms with Gasteiger partial charge in [0.15, 0.2) is 0 Å². The maximum atomic E-state index is 13.0. The third kappa shape index (κ3) is 5.37. The SMILES string of the molecule is CN(CCCc1cc(-c2ccccc2)n(C)n1)C(=O)c1ccccc1OCC1CCCO1. The van der Waals surface area contributed by atoms with E-state index in [2.05, 4.69) is 23.3 Å². The van der Waals surface area contributed by atoms with Crippen molar-refractivity contribution in [3.8, 4) is 17.0 Å². The minimum atomic E-state index is -0.0288. The van der Waals surface area contributed by atoms with Gasteiger partial charge in [-0.1, -0.05) is 42.5 Å². The second kappa shape index (κ2) is 10.5. The third-order valence-electron chi connectivity index (χ3n) is 5.84. The van der Waals surface area contributed by atoms with Crippen LogP contribution in [-0.4, -0.2) is 53.5 Å². The van der Waals surface area contributed by atoms with Gasteiger partial charge in [0, 0.05) is 27.2 Å². The zero-order chi connectivity index (χ0) is 22.3. The summed E-state index contributed by atoms with van der Waals surface area (Å²) in [5.74, 6) is 0.594. The summed E-state index contributed by atoms with van der Waals surface area (Å²) >= 11 is 0. The van der Waals surface area contributed by atoms with Crippen LogP contribution in [0.3, 0.4) is 0 Å². The van der Waals surface area contributed by atoms with Crippen LogP contribution in [0.1, 0.15) is 35.3 Å². The Morgan fingerprint density at radius 1 is 1.19 bits per heavy atom. The molecule has 6 heteroatoms. The van der Waals surface area contributed by atoms with Gasteiger partial charge >= 0.3 is 0 Å². The highest BCUT2D eigenvalue weighted by Gasteiger charge is 2.20. The van der Waals surface area contributed by atoms with E-state index in [0.29, 0.717) is 24.5 Å². The van der Waals surface area contributed by atoms with Crippen molar-refractivity contribution in [3.63, 3.8) is 0 Å². The minimum absolute atomic E-state index is 0.0288. The van der Waals surface area contributed by atoms with Gasteiger partial charge in [-0.25, -0.2) is 0 Å². The Labute approximate surface area is 189 Å². The van der Waals surface area contributed by atoms with Crippen molar-refractivity contribution < 1.29 is 14.3 Å². The molecule has 2 heterocycles. The predicted octanol–water partition coefficient (Wildman–Crippen LogP) is 4.35. The van der Waals surface area contributed by atoms with Gasteiger partial charge in [-0.3, -0.25) is 9.48 Å². The smallest absolute Gasteiger partial charge is 0.257 e. The van der Waals surface area contributed by atoms with E-state index < -0.39 is 0 Å². The number of aromatic nitrogens is 2. The van der Waals surface area contributed by atoms with Crippen LogP contribution in [-0.2, 0) is 18.2 Å². The first-order valence-corrected chi connectivity index (χ1v) is 11.3. The number of carbonyl (C=O) groups excluding carboxylic acids is 1. The topological polar surface area (TPSA) is 56.6 Å². The highest BCUT2D eigenvalue weighted by Crippen LogP contribution is 2.23. The number of para-hydroxylation sites is 1. The van der Waals surface area contributed by atoms with Gasteiger partial charge in [-0.15, -0.1) is 0 Å². The Morgan fingerprint density at radius 3 is 2.75 bits per heavy atom. The Hall–Kier alpha value is -3.12. The van der Waals surface area contributed by atoms with Gasteiger partial charge in [0.2, 0.25) is 0 Å². The second-order valence-electron chi connectivity index (χ2n) is 8.28. The molecule has 0 bridgehead atoms. The van der Waals surface area contributed by atoms with Crippen molar-refractivity contribution in [3.05, 3.63) is 71.9 Å². The molecule has 6 nitrogen and oxygen atoms in total. The molecule has 0 spiro atoms. The molecule has 0 N–H and O–H groups in total. The van der Waals surface area contributed by atoms with Gasteiger partial charge in [0.05, 0.1) is 23.1 Å². The number of benzene rings is 2. The maximum Gasteiger partial charge on any atom is 0.257 e. The summed E-state index contributed by atoms with van der Waals surface area (Å²) in [6, 6.07) is 19.8. The summed E-state index contributed by atoms with van der Waals surface area (Å²) in [6.07, 6.45) is 3.85. The number of aryl methyl sites for hydroxylation is 2. The molecule has 4 rings (SSSR count). The molecule has 32 heavy (non-hydrogen) atoms. The number of rotatable bonds is 9. The molecule has 0 aliphatic carbocycles. The lowest BCUT2D eigenvalue weighted by molar-refractivity contribution is 0.0658. The van der Waals surface area contributed by atoms with Crippen LogP contribution in [0.4, 0.5) is 0 Å². The van der Waals surface area contributed by atoms with Gasteiger partial charge < -0.3 is 14.4 Å².